The van der Waals surface area contributed by atoms with Gasteiger partial charge in [0.1, 0.15) is 11.5 Å². The van der Waals surface area contributed by atoms with E-state index >= 15 is 0 Å². The summed E-state index contributed by atoms with van der Waals surface area (Å²) in [6.45, 7) is 8.38. The Hall–Kier alpha value is -3.72. The number of halogens is 3. The predicted octanol–water partition coefficient (Wildman–Crippen LogP) is 4.55. The molecule has 0 saturated heterocycles. The zero-order chi connectivity index (χ0) is 28.5. The molecule has 0 aliphatic rings. The van der Waals surface area contributed by atoms with Crippen molar-refractivity contribution in [2.24, 2.45) is 0 Å². The van der Waals surface area contributed by atoms with Crippen LogP contribution in [-0.2, 0) is 34.5 Å². The molecule has 8 nitrogen and oxygen atoms in total. The number of aromatic nitrogens is 3. The normalized spacial score (nSPS) is 12.3. The van der Waals surface area contributed by atoms with Crippen molar-refractivity contribution in [2.75, 3.05) is 5.75 Å². The first-order chi connectivity index (χ1) is 17.6. The first-order valence-corrected chi connectivity index (χ1v) is 13.4. The molecule has 2 aromatic heterocycles. The van der Waals surface area contributed by atoms with E-state index in [0.717, 1.165) is 6.07 Å². The lowest BCUT2D eigenvalue weighted by atomic mass is 9.95. The van der Waals surface area contributed by atoms with Gasteiger partial charge in [0, 0.05) is 23.9 Å². The van der Waals surface area contributed by atoms with Crippen molar-refractivity contribution < 1.29 is 26.4 Å². The van der Waals surface area contributed by atoms with Crippen molar-refractivity contribution in [1.29, 1.82) is 5.26 Å². The Kier molecular flexibility index (Phi) is 8.02. The van der Waals surface area contributed by atoms with Gasteiger partial charge in [0.05, 0.1) is 40.1 Å². The van der Waals surface area contributed by atoms with Crippen LogP contribution in [0.3, 0.4) is 0 Å². The lowest BCUT2D eigenvalue weighted by Gasteiger charge is -2.22. The number of alkyl halides is 3. The van der Waals surface area contributed by atoms with E-state index in [0.29, 0.717) is 17.2 Å². The molecule has 0 saturated carbocycles. The Morgan fingerprint density at radius 2 is 1.84 bits per heavy atom. The van der Waals surface area contributed by atoms with Crippen molar-refractivity contribution in [3.63, 3.8) is 0 Å². The summed E-state index contributed by atoms with van der Waals surface area (Å²) >= 11 is 0. The van der Waals surface area contributed by atoms with E-state index in [1.54, 1.807) is 17.6 Å². The summed E-state index contributed by atoms with van der Waals surface area (Å²) in [6.07, 6.45) is -3.51. The molecule has 0 aliphatic heterocycles. The van der Waals surface area contributed by atoms with Gasteiger partial charge in [0.15, 0.2) is 9.84 Å². The van der Waals surface area contributed by atoms with E-state index in [-0.39, 0.29) is 35.0 Å². The van der Waals surface area contributed by atoms with E-state index in [2.05, 4.69) is 15.3 Å². The second kappa shape index (κ2) is 10.6. The number of rotatable bonds is 7. The van der Waals surface area contributed by atoms with Crippen LogP contribution in [0.4, 0.5) is 13.2 Å². The minimum absolute atomic E-state index is 0.00905. The highest BCUT2D eigenvalue weighted by Gasteiger charge is 2.37. The molecule has 0 radical (unpaired) electrons. The monoisotopic (exact) mass is 547 g/mol. The van der Waals surface area contributed by atoms with Gasteiger partial charge in [-0.25, -0.2) is 13.4 Å². The Balaban J connectivity index is 1.94. The van der Waals surface area contributed by atoms with Crippen molar-refractivity contribution >= 4 is 15.7 Å². The second-order valence-corrected chi connectivity index (χ2v) is 12.0. The van der Waals surface area contributed by atoms with Gasteiger partial charge >= 0.3 is 6.18 Å². The van der Waals surface area contributed by atoms with Crippen LogP contribution < -0.4 is 5.32 Å². The molecule has 0 aliphatic carbocycles. The number of nitrogens with zero attached hydrogens (tertiary/aromatic N) is 4. The number of carbonyl (C=O) groups is 1. The third-order valence-corrected chi connectivity index (χ3v) is 7.68. The standard InChI is InChI=1S/C26H28F3N5O3S/c1-6-38(36,37)20-11-10-19(31-14-20)13-32-23(35)22-16(2)34(24(33-22)25(3,4)5)15-18-9-7-8-17(12-30)21(18)26(27,28)29/h7-11,14H,6,13,15H2,1-5H3,(H,32,35). The zero-order valence-corrected chi connectivity index (χ0v) is 22.5. The molecule has 12 heteroatoms. The molecule has 38 heavy (non-hydrogen) atoms. The van der Waals surface area contributed by atoms with Crippen molar-refractivity contribution in [3.05, 3.63) is 76.1 Å². The Bertz CT molecular complexity index is 1500. The maximum Gasteiger partial charge on any atom is 0.418 e. The number of nitriles is 1. The largest absolute Gasteiger partial charge is 0.418 e. The summed E-state index contributed by atoms with van der Waals surface area (Å²) in [7, 11) is -3.40. The number of nitrogens with one attached hydrogen (secondary N) is 1. The summed E-state index contributed by atoms with van der Waals surface area (Å²) in [6, 6.07) is 8.34. The highest BCUT2D eigenvalue weighted by Crippen LogP contribution is 2.36. The average molecular weight is 548 g/mol. The second-order valence-electron chi connectivity index (χ2n) is 9.73. The number of benzene rings is 1. The molecular weight excluding hydrogens is 519 g/mol. The molecule has 0 unspecified atom stereocenters. The Morgan fingerprint density at radius 3 is 2.37 bits per heavy atom. The molecule has 0 fully saturated rings. The third kappa shape index (κ3) is 6.05. The van der Waals surface area contributed by atoms with E-state index in [9.17, 15) is 31.6 Å². The summed E-state index contributed by atoms with van der Waals surface area (Å²) in [5, 5.41) is 11.9. The number of amides is 1. The number of sulfone groups is 1. The van der Waals surface area contributed by atoms with E-state index in [1.165, 1.54) is 37.4 Å². The molecule has 0 atom stereocenters. The molecule has 1 amide bonds. The quantitative estimate of drug-likeness (QED) is 0.464. The maximum absolute atomic E-state index is 13.9. The summed E-state index contributed by atoms with van der Waals surface area (Å²) in [5.41, 5.74) is -1.39. The van der Waals surface area contributed by atoms with E-state index < -0.39 is 38.5 Å². The highest BCUT2D eigenvalue weighted by molar-refractivity contribution is 7.91. The third-order valence-electron chi connectivity index (χ3n) is 5.96. The van der Waals surface area contributed by atoms with Crippen LogP contribution >= 0.6 is 0 Å². The molecular formula is C26H28F3N5O3S. The maximum atomic E-state index is 13.9. The number of carbonyl (C=O) groups excluding carboxylic acids is 1. The molecule has 3 rings (SSSR count). The van der Waals surface area contributed by atoms with Crippen LogP contribution in [0.15, 0.2) is 41.4 Å². The van der Waals surface area contributed by atoms with Gasteiger partial charge in [0.2, 0.25) is 0 Å². The van der Waals surface area contributed by atoms with Crippen molar-refractivity contribution in [1.82, 2.24) is 19.9 Å². The fraction of sp³-hybridized carbons (Fsp3) is 0.385. The van der Waals surface area contributed by atoms with Gasteiger partial charge in [-0.1, -0.05) is 39.8 Å². The molecule has 0 bridgehead atoms. The molecule has 0 spiro atoms. The lowest BCUT2D eigenvalue weighted by molar-refractivity contribution is -0.138. The number of hydrogen-bond acceptors (Lipinski definition) is 6. The van der Waals surface area contributed by atoms with E-state index in [4.69, 9.17) is 0 Å². The van der Waals surface area contributed by atoms with Gasteiger partial charge in [-0.15, -0.1) is 0 Å². The van der Waals surface area contributed by atoms with Crippen LogP contribution in [0.1, 0.15) is 72.1 Å². The summed E-state index contributed by atoms with van der Waals surface area (Å²) in [4.78, 5) is 21.7. The highest BCUT2D eigenvalue weighted by atomic mass is 32.2. The lowest BCUT2D eigenvalue weighted by Crippen LogP contribution is -2.24. The van der Waals surface area contributed by atoms with Gasteiger partial charge in [-0.3, -0.25) is 9.78 Å². The number of pyridine rings is 1. The predicted molar refractivity (Wildman–Crippen MR) is 134 cm³/mol. The van der Waals surface area contributed by atoms with Crippen LogP contribution in [0.5, 0.6) is 0 Å². The fourth-order valence-electron chi connectivity index (χ4n) is 3.97. The van der Waals surface area contributed by atoms with Crippen molar-refractivity contribution in [3.8, 4) is 6.07 Å². The molecule has 202 valence electrons. The summed E-state index contributed by atoms with van der Waals surface area (Å²) in [5.74, 6) is -0.211. The molecule has 1 N–H and O–H groups in total. The van der Waals surface area contributed by atoms with Gasteiger partial charge in [0.25, 0.3) is 5.91 Å². The average Bonchev–Trinajstić information content (AvgIpc) is 3.18. The molecule has 2 heterocycles. The van der Waals surface area contributed by atoms with Gasteiger partial charge in [-0.05, 0) is 30.7 Å². The van der Waals surface area contributed by atoms with Gasteiger partial charge < -0.3 is 9.88 Å². The zero-order valence-electron chi connectivity index (χ0n) is 21.6. The van der Waals surface area contributed by atoms with Gasteiger partial charge in [-0.2, -0.15) is 18.4 Å². The topological polar surface area (TPSA) is 118 Å². The Morgan fingerprint density at radius 1 is 1.16 bits per heavy atom. The Labute approximate surface area is 219 Å². The van der Waals surface area contributed by atoms with Crippen LogP contribution in [0.2, 0.25) is 0 Å². The SMILES string of the molecule is CCS(=O)(=O)c1ccc(CNC(=O)c2nc(C(C)(C)C)n(Cc3cccc(C#N)c3C(F)(F)F)c2C)nc1. The minimum Gasteiger partial charge on any atom is -0.345 e. The van der Waals surface area contributed by atoms with Crippen LogP contribution in [0, 0.1) is 18.3 Å². The smallest absolute Gasteiger partial charge is 0.345 e. The molecule has 1 aromatic carbocycles. The fourth-order valence-corrected chi connectivity index (χ4v) is 4.79. The minimum atomic E-state index is -4.74. The molecule has 3 aromatic rings. The van der Waals surface area contributed by atoms with E-state index in [1.807, 2.05) is 20.8 Å². The first kappa shape index (κ1) is 28.8. The van der Waals surface area contributed by atoms with Crippen molar-refractivity contribution in [2.45, 2.75) is 64.2 Å². The van der Waals surface area contributed by atoms with Crippen LogP contribution in [0.25, 0.3) is 0 Å². The number of imidazole rings is 1. The number of hydrogen-bond donors (Lipinski definition) is 1. The summed E-state index contributed by atoms with van der Waals surface area (Å²) < 4.78 is 67.1. The first-order valence-electron chi connectivity index (χ1n) is 11.7. The van der Waals surface area contributed by atoms with Crippen LogP contribution in [-0.4, -0.2) is 34.6 Å².